The summed E-state index contributed by atoms with van der Waals surface area (Å²) in [6, 6.07) is 7.90. The molecule has 2 heterocycles. The van der Waals surface area contributed by atoms with Gasteiger partial charge in [0.15, 0.2) is 0 Å². The Hall–Kier alpha value is -2.40. The molecular formula is C15H15N3O2. The van der Waals surface area contributed by atoms with Gasteiger partial charge in [-0.1, -0.05) is 12.1 Å². The number of aromatic nitrogens is 3. The molecule has 0 aliphatic heterocycles. The van der Waals surface area contributed by atoms with E-state index in [2.05, 4.69) is 15.0 Å². The van der Waals surface area contributed by atoms with Crippen LogP contribution in [0.3, 0.4) is 0 Å². The summed E-state index contributed by atoms with van der Waals surface area (Å²) in [5.74, 6) is 0.827. The lowest BCUT2D eigenvalue weighted by atomic mass is 10.1. The number of nitrogens with one attached hydrogen (secondary N) is 1. The van der Waals surface area contributed by atoms with Crippen molar-refractivity contribution in [3.63, 3.8) is 0 Å². The van der Waals surface area contributed by atoms with Gasteiger partial charge in [-0.05, 0) is 17.7 Å². The van der Waals surface area contributed by atoms with Gasteiger partial charge < -0.3 is 14.5 Å². The van der Waals surface area contributed by atoms with Gasteiger partial charge in [-0.25, -0.2) is 4.98 Å². The van der Waals surface area contributed by atoms with Gasteiger partial charge in [0.05, 0.1) is 30.2 Å². The lowest BCUT2D eigenvalue weighted by Gasteiger charge is -2.07. The Kier molecular flexibility index (Phi) is 3.60. The second kappa shape index (κ2) is 5.71. The lowest BCUT2D eigenvalue weighted by Crippen LogP contribution is -2.03. The van der Waals surface area contributed by atoms with Gasteiger partial charge in [-0.2, -0.15) is 0 Å². The molecule has 0 bridgehead atoms. The number of rotatable bonds is 5. The zero-order chi connectivity index (χ0) is 13.8. The van der Waals surface area contributed by atoms with Crippen LogP contribution in [0.1, 0.15) is 0 Å². The molecule has 0 atom stereocenters. The Labute approximate surface area is 116 Å². The van der Waals surface area contributed by atoms with Crippen molar-refractivity contribution in [2.45, 2.75) is 0 Å². The van der Waals surface area contributed by atoms with Gasteiger partial charge in [-0.3, -0.25) is 4.98 Å². The highest BCUT2D eigenvalue weighted by atomic mass is 16.5. The summed E-state index contributed by atoms with van der Waals surface area (Å²) in [4.78, 5) is 11.6. The summed E-state index contributed by atoms with van der Waals surface area (Å²) in [5, 5.41) is 0. The molecule has 102 valence electrons. The van der Waals surface area contributed by atoms with Crippen molar-refractivity contribution >= 4 is 11.0 Å². The summed E-state index contributed by atoms with van der Waals surface area (Å²) in [7, 11) is 1.66. The Bertz CT molecular complexity index is 692. The van der Waals surface area contributed by atoms with Crippen molar-refractivity contribution in [2.75, 3.05) is 20.3 Å². The van der Waals surface area contributed by atoms with E-state index in [1.165, 1.54) is 0 Å². The monoisotopic (exact) mass is 269 g/mol. The minimum atomic E-state index is 0.548. The van der Waals surface area contributed by atoms with Crippen molar-refractivity contribution < 1.29 is 9.47 Å². The van der Waals surface area contributed by atoms with Gasteiger partial charge in [0.2, 0.25) is 0 Å². The molecule has 0 unspecified atom stereocenters. The van der Waals surface area contributed by atoms with Crippen LogP contribution in [0.15, 0.2) is 43.0 Å². The van der Waals surface area contributed by atoms with Gasteiger partial charge in [0, 0.05) is 18.9 Å². The van der Waals surface area contributed by atoms with E-state index in [4.69, 9.17) is 9.47 Å². The molecule has 0 amide bonds. The summed E-state index contributed by atoms with van der Waals surface area (Å²) in [5.41, 5.74) is 3.93. The molecule has 5 nitrogen and oxygen atoms in total. The molecular weight excluding hydrogens is 254 g/mol. The maximum atomic E-state index is 5.55. The van der Waals surface area contributed by atoms with Crippen molar-refractivity contribution in [1.29, 1.82) is 0 Å². The van der Waals surface area contributed by atoms with Crippen molar-refractivity contribution in [1.82, 2.24) is 15.0 Å². The normalized spacial score (nSPS) is 10.8. The number of benzene rings is 1. The summed E-state index contributed by atoms with van der Waals surface area (Å²) in [6.07, 6.45) is 5.27. The van der Waals surface area contributed by atoms with Crippen LogP contribution in [-0.4, -0.2) is 35.3 Å². The van der Waals surface area contributed by atoms with E-state index in [1.807, 2.05) is 30.5 Å². The number of methoxy groups -OCH3 is 1. The zero-order valence-corrected chi connectivity index (χ0v) is 11.2. The Balaban J connectivity index is 1.85. The number of pyridine rings is 1. The SMILES string of the molecule is COCCOc1ccc(-c2cncc3[nH]cnc23)cc1. The fourth-order valence-electron chi connectivity index (χ4n) is 2.05. The highest BCUT2D eigenvalue weighted by Crippen LogP contribution is 2.26. The quantitative estimate of drug-likeness (QED) is 0.723. The molecule has 3 rings (SSSR count). The molecule has 0 aliphatic carbocycles. The predicted octanol–water partition coefficient (Wildman–Crippen LogP) is 2.65. The molecule has 20 heavy (non-hydrogen) atoms. The summed E-state index contributed by atoms with van der Waals surface area (Å²) in [6.45, 7) is 1.13. The number of hydrogen-bond donors (Lipinski definition) is 1. The van der Waals surface area contributed by atoms with Crippen LogP contribution in [0, 0.1) is 0 Å². The number of H-pyrrole nitrogens is 1. The number of imidazole rings is 1. The number of fused-ring (bicyclic) bond motifs is 1. The minimum Gasteiger partial charge on any atom is -0.491 e. The fourth-order valence-corrected chi connectivity index (χ4v) is 2.05. The van der Waals surface area contributed by atoms with E-state index in [9.17, 15) is 0 Å². The number of hydrogen-bond acceptors (Lipinski definition) is 4. The van der Waals surface area contributed by atoms with Gasteiger partial charge >= 0.3 is 0 Å². The first-order valence-electron chi connectivity index (χ1n) is 6.38. The largest absolute Gasteiger partial charge is 0.491 e. The van der Waals surface area contributed by atoms with Crippen LogP contribution in [0.2, 0.25) is 0 Å². The third-order valence-electron chi connectivity index (χ3n) is 3.05. The third kappa shape index (κ3) is 2.48. The molecule has 1 aromatic carbocycles. The fraction of sp³-hybridized carbons (Fsp3) is 0.200. The second-order valence-corrected chi connectivity index (χ2v) is 4.35. The van der Waals surface area contributed by atoms with Gasteiger partial charge in [0.25, 0.3) is 0 Å². The van der Waals surface area contributed by atoms with E-state index in [0.29, 0.717) is 13.2 Å². The maximum absolute atomic E-state index is 5.55. The smallest absolute Gasteiger partial charge is 0.119 e. The highest BCUT2D eigenvalue weighted by Gasteiger charge is 2.06. The molecule has 0 fully saturated rings. The van der Waals surface area contributed by atoms with Crippen LogP contribution < -0.4 is 4.74 Å². The molecule has 0 saturated carbocycles. The standard InChI is InChI=1S/C15H15N3O2/c1-19-6-7-20-12-4-2-11(3-5-12)13-8-16-9-14-15(13)18-10-17-14/h2-5,8-10H,6-7H2,1H3,(H,17,18). The Morgan fingerprint density at radius 2 is 1.95 bits per heavy atom. The van der Waals surface area contributed by atoms with Crippen molar-refractivity contribution in [3.8, 4) is 16.9 Å². The van der Waals surface area contributed by atoms with E-state index in [-0.39, 0.29) is 0 Å². The first-order chi connectivity index (χ1) is 9.88. The van der Waals surface area contributed by atoms with Crippen molar-refractivity contribution in [3.05, 3.63) is 43.0 Å². The highest BCUT2D eigenvalue weighted by molar-refractivity contribution is 5.90. The Morgan fingerprint density at radius 1 is 1.10 bits per heavy atom. The van der Waals surface area contributed by atoms with E-state index < -0.39 is 0 Å². The molecule has 3 aromatic rings. The average Bonchev–Trinajstić information content (AvgIpc) is 2.97. The van der Waals surface area contributed by atoms with Crippen LogP contribution >= 0.6 is 0 Å². The summed E-state index contributed by atoms with van der Waals surface area (Å²) < 4.78 is 10.5. The maximum Gasteiger partial charge on any atom is 0.119 e. The van der Waals surface area contributed by atoms with Crippen LogP contribution in [0.4, 0.5) is 0 Å². The Morgan fingerprint density at radius 3 is 2.75 bits per heavy atom. The van der Waals surface area contributed by atoms with E-state index in [0.717, 1.165) is 27.9 Å². The van der Waals surface area contributed by atoms with E-state index >= 15 is 0 Å². The molecule has 2 aromatic heterocycles. The predicted molar refractivity (Wildman–Crippen MR) is 76.7 cm³/mol. The van der Waals surface area contributed by atoms with Crippen LogP contribution in [-0.2, 0) is 4.74 Å². The van der Waals surface area contributed by atoms with Gasteiger partial charge in [0.1, 0.15) is 12.4 Å². The van der Waals surface area contributed by atoms with Crippen molar-refractivity contribution in [2.24, 2.45) is 0 Å². The summed E-state index contributed by atoms with van der Waals surface area (Å²) >= 11 is 0. The minimum absolute atomic E-state index is 0.548. The second-order valence-electron chi connectivity index (χ2n) is 4.35. The molecule has 1 N–H and O–H groups in total. The van der Waals surface area contributed by atoms with E-state index in [1.54, 1.807) is 19.6 Å². The molecule has 0 radical (unpaired) electrons. The van der Waals surface area contributed by atoms with Crippen LogP contribution in [0.25, 0.3) is 22.2 Å². The molecule has 0 aliphatic rings. The number of nitrogens with zero attached hydrogens (tertiary/aromatic N) is 2. The molecule has 5 heteroatoms. The molecule has 0 spiro atoms. The zero-order valence-electron chi connectivity index (χ0n) is 11.2. The average molecular weight is 269 g/mol. The first-order valence-corrected chi connectivity index (χ1v) is 6.38. The lowest BCUT2D eigenvalue weighted by molar-refractivity contribution is 0.146. The topological polar surface area (TPSA) is 60.0 Å². The molecule has 0 saturated heterocycles. The number of ether oxygens (including phenoxy) is 2. The number of aromatic amines is 1. The first kappa shape index (κ1) is 12.6. The van der Waals surface area contributed by atoms with Crippen LogP contribution in [0.5, 0.6) is 5.75 Å². The third-order valence-corrected chi connectivity index (χ3v) is 3.05. The van der Waals surface area contributed by atoms with Gasteiger partial charge in [-0.15, -0.1) is 0 Å².